The van der Waals surface area contributed by atoms with Gasteiger partial charge in [0, 0.05) is 36.6 Å². The van der Waals surface area contributed by atoms with E-state index in [-0.39, 0.29) is 31.4 Å². The van der Waals surface area contributed by atoms with E-state index in [2.05, 4.69) is 4.90 Å². The van der Waals surface area contributed by atoms with Gasteiger partial charge in [-0.25, -0.2) is 9.78 Å². The molecule has 0 aliphatic rings. The van der Waals surface area contributed by atoms with E-state index in [1.54, 1.807) is 42.5 Å². The third-order valence-corrected chi connectivity index (χ3v) is 6.75. The standard InChI is InChI=1S/C28H29N5O4S/c1-3-36-26(34)15-16-33(21-7-5-4-6-8-21)28(35)37-22-13-14-24-23(17-22)31-25(38-24)18-32(2)20-11-9-19(10-12-20)27(29)30/h4-14,17H,3,15-16,18H2,1-2H3,(H3,29,30). The van der Waals surface area contributed by atoms with Crippen LogP contribution in [0, 0.1) is 5.41 Å². The second-order valence-electron chi connectivity index (χ2n) is 8.46. The first-order valence-corrected chi connectivity index (χ1v) is 12.9. The van der Waals surface area contributed by atoms with Gasteiger partial charge >= 0.3 is 12.1 Å². The zero-order valence-electron chi connectivity index (χ0n) is 21.2. The molecule has 0 fully saturated rings. The summed E-state index contributed by atoms with van der Waals surface area (Å²) in [5.74, 6) is 0.0229. The van der Waals surface area contributed by atoms with E-state index in [1.165, 1.54) is 4.90 Å². The molecule has 1 aromatic heterocycles. The molecular formula is C28H29N5O4S. The lowest BCUT2D eigenvalue weighted by Crippen LogP contribution is -2.35. The van der Waals surface area contributed by atoms with Crippen LogP contribution in [0.2, 0.25) is 0 Å². The van der Waals surface area contributed by atoms with E-state index in [1.807, 2.05) is 55.6 Å². The Morgan fingerprint density at radius 2 is 1.76 bits per heavy atom. The van der Waals surface area contributed by atoms with Crippen LogP contribution in [0.15, 0.2) is 72.8 Å². The average Bonchev–Trinajstić information content (AvgIpc) is 3.31. The van der Waals surface area contributed by atoms with E-state index in [0.717, 1.165) is 20.9 Å². The number of carbonyl (C=O) groups is 2. The number of fused-ring (bicyclic) bond motifs is 1. The number of nitrogen functional groups attached to an aromatic ring is 1. The topological polar surface area (TPSA) is 122 Å². The van der Waals surface area contributed by atoms with Gasteiger partial charge in [-0.2, -0.15) is 0 Å². The van der Waals surface area contributed by atoms with Crippen LogP contribution >= 0.6 is 11.3 Å². The lowest BCUT2D eigenvalue weighted by atomic mass is 10.2. The Balaban J connectivity index is 1.46. The fraction of sp³-hybridized carbons (Fsp3) is 0.214. The summed E-state index contributed by atoms with van der Waals surface area (Å²) < 4.78 is 11.7. The highest BCUT2D eigenvalue weighted by Crippen LogP contribution is 2.28. The molecule has 0 saturated carbocycles. The summed E-state index contributed by atoms with van der Waals surface area (Å²) in [6.45, 7) is 2.74. The first-order valence-electron chi connectivity index (χ1n) is 12.1. The molecule has 196 valence electrons. The minimum absolute atomic E-state index is 0.0350. The number of hydrogen-bond acceptors (Lipinski definition) is 8. The Kier molecular flexibility index (Phi) is 8.55. The molecule has 4 aromatic rings. The van der Waals surface area contributed by atoms with Crippen LogP contribution < -0.4 is 20.3 Å². The van der Waals surface area contributed by atoms with E-state index < -0.39 is 6.09 Å². The third kappa shape index (κ3) is 6.65. The number of amides is 1. The van der Waals surface area contributed by atoms with Crippen molar-refractivity contribution >= 4 is 50.8 Å². The smallest absolute Gasteiger partial charge is 0.419 e. The van der Waals surface area contributed by atoms with Crippen LogP contribution in [-0.2, 0) is 16.1 Å². The Morgan fingerprint density at radius 1 is 1.03 bits per heavy atom. The normalized spacial score (nSPS) is 10.7. The monoisotopic (exact) mass is 531 g/mol. The van der Waals surface area contributed by atoms with Crippen molar-refractivity contribution in [1.82, 2.24) is 4.98 Å². The number of para-hydroxylation sites is 1. The average molecular weight is 532 g/mol. The van der Waals surface area contributed by atoms with Gasteiger partial charge in [-0.15, -0.1) is 11.3 Å². The van der Waals surface area contributed by atoms with Gasteiger partial charge in [-0.05, 0) is 55.5 Å². The fourth-order valence-corrected chi connectivity index (χ4v) is 4.80. The molecule has 4 rings (SSSR count). The van der Waals surface area contributed by atoms with E-state index in [9.17, 15) is 9.59 Å². The van der Waals surface area contributed by atoms with Crippen LogP contribution in [-0.4, -0.2) is 43.1 Å². The predicted octanol–water partition coefficient (Wildman–Crippen LogP) is 5.18. The van der Waals surface area contributed by atoms with Crippen LogP contribution in [0.4, 0.5) is 16.2 Å². The summed E-state index contributed by atoms with van der Waals surface area (Å²) in [4.78, 5) is 33.2. The van der Waals surface area contributed by atoms with E-state index in [4.69, 9.17) is 25.6 Å². The summed E-state index contributed by atoms with van der Waals surface area (Å²) in [7, 11) is 1.97. The van der Waals surface area contributed by atoms with Gasteiger partial charge in [-0.1, -0.05) is 18.2 Å². The van der Waals surface area contributed by atoms with Crippen molar-refractivity contribution < 1.29 is 19.1 Å². The quantitative estimate of drug-likeness (QED) is 0.164. The molecule has 0 spiro atoms. The minimum Gasteiger partial charge on any atom is -0.466 e. The summed E-state index contributed by atoms with van der Waals surface area (Å²) in [5.41, 5.74) is 8.55. The minimum atomic E-state index is -0.593. The summed E-state index contributed by atoms with van der Waals surface area (Å²) in [5, 5.41) is 8.44. The van der Waals surface area contributed by atoms with E-state index in [0.29, 0.717) is 23.5 Å². The van der Waals surface area contributed by atoms with Crippen LogP contribution in [0.25, 0.3) is 10.2 Å². The number of anilines is 2. The first kappa shape index (κ1) is 26.6. The number of rotatable bonds is 10. The molecule has 0 aliphatic heterocycles. The number of carbonyl (C=O) groups excluding carboxylic acids is 2. The Morgan fingerprint density at radius 3 is 2.45 bits per heavy atom. The molecule has 1 amide bonds. The fourth-order valence-electron chi connectivity index (χ4n) is 3.80. The van der Waals surface area contributed by atoms with Crippen LogP contribution in [0.5, 0.6) is 5.75 Å². The van der Waals surface area contributed by atoms with Crippen molar-refractivity contribution in [3.8, 4) is 5.75 Å². The SMILES string of the molecule is CCOC(=O)CCN(C(=O)Oc1ccc2sc(CN(C)c3ccc(C(=N)N)cc3)nc2c1)c1ccccc1. The van der Waals surface area contributed by atoms with Gasteiger partial charge in [-0.3, -0.25) is 15.1 Å². The number of nitrogens with two attached hydrogens (primary N) is 1. The number of aromatic nitrogens is 1. The van der Waals surface area contributed by atoms with Crippen molar-refractivity contribution in [3.63, 3.8) is 0 Å². The molecule has 9 nitrogen and oxygen atoms in total. The van der Waals surface area contributed by atoms with Crippen molar-refractivity contribution in [1.29, 1.82) is 5.41 Å². The van der Waals surface area contributed by atoms with Gasteiger partial charge in [0.2, 0.25) is 0 Å². The van der Waals surface area contributed by atoms with Gasteiger partial charge < -0.3 is 20.1 Å². The Bertz CT molecular complexity index is 1420. The van der Waals surface area contributed by atoms with Crippen molar-refractivity contribution in [2.45, 2.75) is 19.9 Å². The summed E-state index contributed by atoms with van der Waals surface area (Å²) in [6.07, 6.45) is -0.541. The molecular weight excluding hydrogens is 502 g/mol. The molecule has 0 unspecified atom stereocenters. The highest BCUT2D eigenvalue weighted by Gasteiger charge is 2.20. The molecule has 1 heterocycles. The van der Waals surface area contributed by atoms with Crippen molar-refractivity contribution in [2.24, 2.45) is 5.73 Å². The zero-order chi connectivity index (χ0) is 27.1. The number of ether oxygens (including phenoxy) is 2. The van der Waals surface area contributed by atoms with Gasteiger partial charge in [0.1, 0.15) is 16.6 Å². The van der Waals surface area contributed by atoms with Crippen LogP contribution in [0.1, 0.15) is 23.9 Å². The lowest BCUT2D eigenvalue weighted by Gasteiger charge is -2.21. The van der Waals surface area contributed by atoms with Crippen molar-refractivity contribution in [2.75, 3.05) is 30.0 Å². The lowest BCUT2D eigenvalue weighted by molar-refractivity contribution is -0.142. The maximum atomic E-state index is 13.1. The predicted molar refractivity (Wildman–Crippen MR) is 150 cm³/mol. The number of amidine groups is 1. The van der Waals surface area contributed by atoms with E-state index >= 15 is 0 Å². The van der Waals surface area contributed by atoms with Crippen molar-refractivity contribution in [3.05, 3.63) is 83.4 Å². The molecule has 0 atom stereocenters. The number of thiazole rings is 1. The number of esters is 1. The van der Waals surface area contributed by atoms with Gasteiger partial charge in [0.25, 0.3) is 0 Å². The Hall–Kier alpha value is -4.44. The second-order valence-corrected chi connectivity index (χ2v) is 9.58. The summed E-state index contributed by atoms with van der Waals surface area (Å²) >= 11 is 1.57. The molecule has 0 radical (unpaired) electrons. The first-order chi connectivity index (χ1) is 18.3. The number of hydrogen-bond donors (Lipinski definition) is 2. The second kappa shape index (κ2) is 12.2. The van der Waals surface area contributed by atoms with Gasteiger partial charge in [0.15, 0.2) is 0 Å². The largest absolute Gasteiger partial charge is 0.466 e. The number of nitrogens with zero attached hydrogens (tertiary/aromatic N) is 3. The summed E-state index contributed by atoms with van der Waals surface area (Å²) in [6, 6.07) is 21.9. The molecule has 0 saturated heterocycles. The molecule has 10 heteroatoms. The molecule has 3 N–H and O–H groups in total. The number of nitrogens with one attached hydrogen (secondary N) is 1. The maximum Gasteiger partial charge on any atom is 0.419 e. The molecule has 0 bridgehead atoms. The van der Waals surface area contributed by atoms with Gasteiger partial charge in [0.05, 0.1) is 29.8 Å². The third-order valence-electron chi connectivity index (χ3n) is 5.73. The molecule has 3 aromatic carbocycles. The highest BCUT2D eigenvalue weighted by molar-refractivity contribution is 7.18. The molecule has 38 heavy (non-hydrogen) atoms. The molecule has 0 aliphatic carbocycles. The maximum absolute atomic E-state index is 13.1. The zero-order valence-corrected chi connectivity index (χ0v) is 22.0. The Labute approximate surface area is 224 Å². The van der Waals surface area contributed by atoms with Crippen LogP contribution in [0.3, 0.4) is 0 Å². The number of benzene rings is 3. The highest BCUT2D eigenvalue weighted by atomic mass is 32.1.